The van der Waals surface area contributed by atoms with Crippen LogP contribution in [0.5, 0.6) is 17.2 Å². The first-order valence-electron chi connectivity index (χ1n) is 10.8. The van der Waals surface area contributed by atoms with Crippen molar-refractivity contribution in [2.45, 2.75) is 31.8 Å². The molecule has 3 aliphatic rings. The first-order valence-corrected chi connectivity index (χ1v) is 10.8. The molecule has 0 radical (unpaired) electrons. The number of nitrogens with zero attached hydrogens (tertiary/aromatic N) is 2. The van der Waals surface area contributed by atoms with Crippen LogP contribution < -0.4 is 14.2 Å². The van der Waals surface area contributed by atoms with Crippen molar-refractivity contribution in [2.24, 2.45) is 5.92 Å². The van der Waals surface area contributed by atoms with Crippen molar-refractivity contribution in [3.63, 3.8) is 0 Å². The Bertz CT molecular complexity index is 737. The number of carbonyl (C=O) groups is 1. The summed E-state index contributed by atoms with van der Waals surface area (Å²) in [4.78, 5) is 16.8. The van der Waals surface area contributed by atoms with E-state index in [-0.39, 0.29) is 12.8 Å². The normalized spacial score (nSPS) is 24.6. The van der Waals surface area contributed by atoms with Gasteiger partial charge in [-0.1, -0.05) is 0 Å². The lowest BCUT2D eigenvalue weighted by atomic mass is 9.86. The Kier molecular flexibility index (Phi) is 6.97. The molecule has 0 amide bonds. The number of piperidine rings is 1. The standard InChI is InChI=1S/C22H32N2O6/c1-26-19-11-16(12-20-22(19)30-15-29-20)13-23-6-5-18(24-7-9-28-10-8-24)17(14-23)3-4-21(25)27-2/h11-12,17-18H,3-10,13-15H2,1-2H3/t17-,18+/m1/s1. The van der Waals surface area contributed by atoms with Gasteiger partial charge >= 0.3 is 5.97 Å². The second-order valence-corrected chi connectivity index (χ2v) is 8.15. The summed E-state index contributed by atoms with van der Waals surface area (Å²) in [5, 5.41) is 0. The van der Waals surface area contributed by atoms with E-state index >= 15 is 0 Å². The van der Waals surface area contributed by atoms with Gasteiger partial charge in [0.15, 0.2) is 11.5 Å². The molecule has 1 aromatic rings. The van der Waals surface area contributed by atoms with Crippen LogP contribution in [0.3, 0.4) is 0 Å². The fourth-order valence-corrected chi connectivity index (χ4v) is 4.85. The highest BCUT2D eigenvalue weighted by atomic mass is 16.7. The topological polar surface area (TPSA) is 69.7 Å². The van der Waals surface area contributed by atoms with Gasteiger partial charge in [0.05, 0.1) is 27.4 Å². The monoisotopic (exact) mass is 420 g/mol. The van der Waals surface area contributed by atoms with E-state index < -0.39 is 0 Å². The van der Waals surface area contributed by atoms with Crippen LogP contribution in [-0.4, -0.2) is 82.2 Å². The molecule has 0 aliphatic carbocycles. The molecule has 30 heavy (non-hydrogen) atoms. The lowest BCUT2D eigenvalue weighted by Crippen LogP contribution is -2.53. The third-order valence-electron chi connectivity index (χ3n) is 6.36. The molecule has 2 atom stereocenters. The van der Waals surface area contributed by atoms with E-state index in [0.717, 1.165) is 70.1 Å². The fraction of sp³-hybridized carbons (Fsp3) is 0.682. The summed E-state index contributed by atoms with van der Waals surface area (Å²) >= 11 is 0. The molecule has 0 spiro atoms. The van der Waals surface area contributed by atoms with Gasteiger partial charge in [-0.05, 0) is 43.0 Å². The van der Waals surface area contributed by atoms with Crippen LogP contribution >= 0.6 is 0 Å². The number of rotatable bonds is 7. The van der Waals surface area contributed by atoms with Crippen LogP contribution in [0.2, 0.25) is 0 Å². The fourth-order valence-electron chi connectivity index (χ4n) is 4.85. The van der Waals surface area contributed by atoms with Crippen molar-refractivity contribution in [1.29, 1.82) is 0 Å². The maximum atomic E-state index is 11.8. The van der Waals surface area contributed by atoms with Crippen molar-refractivity contribution < 1.29 is 28.5 Å². The molecule has 2 fully saturated rings. The Labute approximate surface area is 178 Å². The van der Waals surface area contributed by atoms with E-state index in [1.807, 2.05) is 12.1 Å². The number of hydrogen-bond donors (Lipinski definition) is 0. The highest BCUT2D eigenvalue weighted by Gasteiger charge is 2.34. The molecule has 0 aromatic heterocycles. The van der Waals surface area contributed by atoms with Gasteiger partial charge in [0, 0.05) is 38.6 Å². The van der Waals surface area contributed by atoms with E-state index in [2.05, 4.69) is 9.80 Å². The zero-order valence-electron chi connectivity index (χ0n) is 17.9. The number of carbonyl (C=O) groups excluding carboxylic acids is 1. The molecule has 0 N–H and O–H groups in total. The van der Waals surface area contributed by atoms with Crippen LogP contribution in [0.15, 0.2) is 12.1 Å². The molecular formula is C22H32N2O6. The van der Waals surface area contributed by atoms with E-state index in [9.17, 15) is 4.79 Å². The van der Waals surface area contributed by atoms with Crippen molar-refractivity contribution in [2.75, 3.05) is 60.4 Å². The minimum Gasteiger partial charge on any atom is -0.493 e. The van der Waals surface area contributed by atoms with Crippen molar-refractivity contribution >= 4 is 5.97 Å². The lowest BCUT2D eigenvalue weighted by molar-refractivity contribution is -0.141. The van der Waals surface area contributed by atoms with Gasteiger partial charge in [-0.25, -0.2) is 0 Å². The predicted octanol–water partition coefficient (Wildman–Crippen LogP) is 1.90. The number of esters is 1. The first-order chi connectivity index (χ1) is 14.7. The molecule has 0 bridgehead atoms. The highest BCUT2D eigenvalue weighted by molar-refractivity contribution is 5.69. The van der Waals surface area contributed by atoms with Crippen molar-refractivity contribution in [1.82, 2.24) is 9.80 Å². The molecule has 8 heteroatoms. The van der Waals surface area contributed by atoms with Crippen LogP contribution in [0.4, 0.5) is 0 Å². The van der Waals surface area contributed by atoms with Gasteiger partial charge in [-0.15, -0.1) is 0 Å². The maximum Gasteiger partial charge on any atom is 0.305 e. The highest BCUT2D eigenvalue weighted by Crippen LogP contribution is 2.42. The smallest absolute Gasteiger partial charge is 0.305 e. The van der Waals surface area contributed by atoms with Gasteiger partial charge in [0.2, 0.25) is 12.5 Å². The molecule has 2 saturated heterocycles. The zero-order valence-corrected chi connectivity index (χ0v) is 17.9. The summed E-state index contributed by atoms with van der Waals surface area (Å²) < 4.78 is 27.0. The van der Waals surface area contributed by atoms with Crippen LogP contribution in [0.25, 0.3) is 0 Å². The predicted molar refractivity (Wildman–Crippen MR) is 110 cm³/mol. The van der Waals surface area contributed by atoms with Gasteiger partial charge < -0.3 is 23.7 Å². The van der Waals surface area contributed by atoms with E-state index in [1.54, 1.807) is 7.11 Å². The number of likely N-dealkylation sites (tertiary alicyclic amines) is 1. The van der Waals surface area contributed by atoms with Crippen molar-refractivity contribution in [3.05, 3.63) is 17.7 Å². The molecule has 1 aromatic carbocycles. The summed E-state index contributed by atoms with van der Waals surface area (Å²) in [5.74, 6) is 2.43. The number of benzene rings is 1. The molecule has 4 rings (SSSR count). The second kappa shape index (κ2) is 9.85. The van der Waals surface area contributed by atoms with Crippen molar-refractivity contribution in [3.8, 4) is 17.2 Å². The molecular weight excluding hydrogens is 388 g/mol. The van der Waals surface area contributed by atoms with Gasteiger partial charge in [-0.2, -0.15) is 0 Å². The molecule has 166 valence electrons. The number of hydrogen-bond acceptors (Lipinski definition) is 8. The number of fused-ring (bicyclic) bond motifs is 1. The number of morpholine rings is 1. The summed E-state index contributed by atoms with van der Waals surface area (Å²) in [5.41, 5.74) is 1.15. The number of ether oxygens (including phenoxy) is 5. The Morgan fingerprint density at radius 3 is 2.77 bits per heavy atom. The summed E-state index contributed by atoms with van der Waals surface area (Å²) in [6.07, 6.45) is 2.40. The molecule has 3 heterocycles. The lowest BCUT2D eigenvalue weighted by Gasteiger charge is -2.45. The zero-order chi connectivity index (χ0) is 20.9. The Balaban J connectivity index is 1.44. The largest absolute Gasteiger partial charge is 0.493 e. The van der Waals surface area contributed by atoms with Crippen LogP contribution in [0, 0.1) is 5.92 Å². The first kappa shape index (κ1) is 21.2. The molecule has 3 aliphatic heterocycles. The number of methoxy groups -OCH3 is 2. The van der Waals surface area contributed by atoms with Gasteiger partial charge in [0.25, 0.3) is 0 Å². The SMILES string of the molecule is COC(=O)CC[C@@H]1CN(Cc2cc(OC)c3c(c2)OCO3)CC[C@@H]1N1CCOCC1. The minimum atomic E-state index is -0.131. The van der Waals surface area contributed by atoms with Gasteiger partial charge in [0.1, 0.15) is 0 Å². The van der Waals surface area contributed by atoms with E-state index in [1.165, 1.54) is 7.11 Å². The third-order valence-corrected chi connectivity index (χ3v) is 6.36. The van der Waals surface area contributed by atoms with E-state index in [4.69, 9.17) is 23.7 Å². The third kappa shape index (κ3) is 4.82. The molecule has 0 unspecified atom stereocenters. The van der Waals surface area contributed by atoms with E-state index in [0.29, 0.717) is 29.9 Å². The Morgan fingerprint density at radius 1 is 1.17 bits per heavy atom. The summed E-state index contributed by atoms with van der Waals surface area (Å²) in [7, 11) is 3.11. The molecule has 8 nitrogen and oxygen atoms in total. The average molecular weight is 421 g/mol. The van der Waals surface area contributed by atoms with Crippen LogP contribution in [-0.2, 0) is 20.8 Å². The Hall–Kier alpha value is -2.03. The Morgan fingerprint density at radius 2 is 2.00 bits per heavy atom. The minimum absolute atomic E-state index is 0.131. The average Bonchev–Trinajstić information content (AvgIpc) is 3.26. The summed E-state index contributed by atoms with van der Waals surface area (Å²) in [6, 6.07) is 4.56. The quantitative estimate of drug-likeness (QED) is 0.620. The van der Waals surface area contributed by atoms with Gasteiger partial charge in [-0.3, -0.25) is 14.6 Å². The molecule has 0 saturated carbocycles. The second-order valence-electron chi connectivity index (χ2n) is 8.15. The summed E-state index contributed by atoms with van der Waals surface area (Å²) in [6.45, 7) is 6.55. The maximum absolute atomic E-state index is 11.8. The van der Waals surface area contributed by atoms with Crippen LogP contribution in [0.1, 0.15) is 24.8 Å².